The summed E-state index contributed by atoms with van der Waals surface area (Å²) in [5, 5.41) is 0.595. The maximum absolute atomic E-state index is 4.37. The van der Waals surface area contributed by atoms with Gasteiger partial charge >= 0.3 is 0 Å². The van der Waals surface area contributed by atoms with Gasteiger partial charge in [0.1, 0.15) is 0 Å². The molecule has 0 spiro atoms. The molecule has 0 aromatic rings. The average Bonchev–Trinajstić information content (AvgIpc) is 1.94. The van der Waals surface area contributed by atoms with Gasteiger partial charge in [-0.3, -0.25) is 0 Å². The Bertz CT molecular complexity index is 53.4. The van der Waals surface area contributed by atoms with E-state index in [1.54, 1.807) is 0 Å². The maximum Gasteiger partial charge on any atom is 0.00481 e. The van der Waals surface area contributed by atoms with Crippen LogP contribution in [0, 0.1) is 6.42 Å². The zero-order valence-corrected chi connectivity index (χ0v) is 6.03. The van der Waals surface area contributed by atoms with Gasteiger partial charge in [-0.25, -0.2) is 0 Å². The summed E-state index contributed by atoms with van der Waals surface area (Å²) in [6, 6.07) is 0. The van der Waals surface area contributed by atoms with Crippen LogP contribution in [0.25, 0.3) is 0 Å². The predicted octanol–water partition coefficient (Wildman–Crippen LogP) is 2.45. The quantitative estimate of drug-likeness (QED) is 0.377. The van der Waals surface area contributed by atoms with Crippen LogP contribution in [0.15, 0.2) is 0 Å². The van der Waals surface area contributed by atoms with Gasteiger partial charge in [0.05, 0.1) is 0 Å². The molecule has 1 unspecified atom stereocenters. The minimum Gasteiger partial charge on any atom is -0.176 e. The summed E-state index contributed by atoms with van der Waals surface area (Å²) in [4.78, 5) is 0. The fourth-order valence-corrected chi connectivity index (χ4v) is 1.43. The number of hydrogen-bond donors (Lipinski definition) is 1. The van der Waals surface area contributed by atoms with Crippen LogP contribution in [0.1, 0.15) is 32.1 Å². The third-order valence-corrected chi connectivity index (χ3v) is 2.11. The van der Waals surface area contributed by atoms with Crippen LogP contribution in [0.2, 0.25) is 0 Å². The molecule has 1 heteroatoms. The zero-order chi connectivity index (χ0) is 5.82. The van der Waals surface area contributed by atoms with E-state index in [4.69, 9.17) is 0 Å². The van der Waals surface area contributed by atoms with Crippen molar-refractivity contribution in [1.29, 1.82) is 0 Å². The smallest absolute Gasteiger partial charge is 0.00481 e. The van der Waals surface area contributed by atoms with E-state index in [0.717, 1.165) is 0 Å². The van der Waals surface area contributed by atoms with E-state index in [0.29, 0.717) is 5.25 Å². The minimum absolute atomic E-state index is 0.595. The highest BCUT2D eigenvalue weighted by Gasteiger charge is 2.06. The molecule has 0 nitrogen and oxygen atoms in total. The monoisotopic (exact) mass is 129 g/mol. The lowest BCUT2D eigenvalue weighted by molar-refractivity contribution is 0.706. The van der Waals surface area contributed by atoms with E-state index >= 15 is 0 Å². The van der Waals surface area contributed by atoms with E-state index in [1.165, 1.54) is 32.1 Å². The van der Waals surface area contributed by atoms with Gasteiger partial charge in [-0.1, -0.05) is 19.3 Å². The first-order valence-corrected chi connectivity index (χ1v) is 3.92. The summed E-state index contributed by atoms with van der Waals surface area (Å²) < 4.78 is 0. The van der Waals surface area contributed by atoms with Crippen LogP contribution in [0.4, 0.5) is 0 Å². The standard InChI is InChI=1S/C7H13S/c8-7-5-3-1-2-4-6-7/h5,7-8H,1-4,6H2. The Labute approximate surface area is 57.1 Å². The third kappa shape index (κ3) is 2.08. The van der Waals surface area contributed by atoms with E-state index in [1.807, 2.05) is 0 Å². The molecular weight excluding hydrogens is 116 g/mol. The molecule has 1 aliphatic carbocycles. The first-order valence-electron chi connectivity index (χ1n) is 3.41. The second-order valence-electron chi connectivity index (χ2n) is 2.44. The molecule has 0 N–H and O–H groups in total. The molecule has 1 rings (SSSR count). The Morgan fingerprint density at radius 3 is 3.00 bits per heavy atom. The molecule has 1 atom stereocenters. The second-order valence-corrected chi connectivity index (χ2v) is 3.10. The van der Waals surface area contributed by atoms with Crippen LogP contribution in [0.3, 0.4) is 0 Å². The molecular formula is C7H13S. The predicted molar refractivity (Wildman–Crippen MR) is 40.2 cm³/mol. The summed E-state index contributed by atoms with van der Waals surface area (Å²) >= 11 is 4.37. The summed E-state index contributed by atoms with van der Waals surface area (Å²) in [5.41, 5.74) is 0. The first kappa shape index (κ1) is 6.47. The average molecular weight is 129 g/mol. The molecule has 0 aromatic carbocycles. The van der Waals surface area contributed by atoms with Crippen molar-refractivity contribution < 1.29 is 0 Å². The van der Waals surface area contributed by atoms with Crippen LogP contribution >= 0.6 is 12.6 Å². The topological polar surface area (TPSA) is 0 Å². The van der Waals surface area contributed by atoms with Crippen molar-refractivity contribution in [2.45, 2.75) is 37.4 Å². The molecule has 1 radical (unpaired) electrons. The molecule has 1 saturated carbocycles. The molecule has 0 aliphatic heterocycles. The summed E-state index contributed by atoms with van der Waals surface area (Å²) in [7, 11) is 0. The van der Waals surface area contributed by atoms with Crippen molar-refractivity contribution in [3.05, 3.63) is 6.42 Å². The van der Waals surface area contributed by atoms with Gasteiger partial charge in [0.15, 0.2) is 0 Å². The Hall–Kier alpha value is 0.350. The SMILES string of the molecule is SC1[CH]CCCCC1. The van der Waals surface area contributed by atoms with Gasteiger partial charge in [-0.05, 0) is 19.3 Å². The molecule has 0 saturated heterocycles. The van der Waals surface area contributed by atoms with Crippen molar-refractivity contribution in [2.24, 2.45) is 0 Å². The third-order valence-electron chi connectivity index (χ3n) is 1.64. The Morgan fingerprint density at radius 1 is 1.25 bits per heavy atom. The Morgan fingerprint density at radius 2 is 2.12 bits per heavy atom. The largest absolute Gasteiger partial charge is 0.176 e. The molecule has 0 heterocycles. The highest BCUT2D eigenvalue weighted by atomic mass is 32.1. The highest BCUT2D eigenvalue weighted by Crippen LogP contribution is 2.19. The fourth-order valence-electron chi connectivity index (χ4n) is 1.10. The van der Waals surface area contributed by atoms with E-state index < -0.39 is 0 Å². The summed E-state index contributed by atoms with van der Waals surface area (Å²) in [5.74, 6) is 0. The van der Waals surface area contributed by atoms with Gasteiger partial charge in [-0.15, -0.1) is 0 Å². The van der Waals surface area contributed by atoms with Crippen LogP contribution in [0.5, 0.6) is 0 Å². The minimum atomic E-state index is 0.595. The van der Waals surface area contributed by atoms with E-state index in [2.05, 4.69) is 19.0 Å². The lowest BCUT2D eigenvalue weighted by Crippen LogP contribution is -1.94. The molecule has 1 fully saturated rings. The van der Waals surface area contributed by atoms with Gasteiger partial charge in [0, 0.05) is 5.25 Å². The van der Waals surface area contributed by atoms with Crippen molar-refractivity contribution in [1.82, 2.24) is 0 Å². The number of thiol groups is 1. The molecule has 1 aliphatic rings. The van der Waals surface area contributed by atoms with Gasteiger partial charge in [-0.2, -0.15) is 12.6 Å². The Kier molecular flexibility index (Phi) is 2.74. The molecule has 0 amide bonds. The molecule has 8 heavy (non-hydrogen) atoms. The van der Waals surface area contributed by atoms with Crippen molar-refractivity contribution in [3.63, 3.8) is 0 Å². The lowest BCUT2D eigenvalue weighted by atomic mass is 10.2. The molecule has 0 aromatic heterocycles. The van der Waals surface area contributed by atoms with Crippen LogP contribution < -0.4 is 0 Å². The van der Waals surface area contributed by atoms with Gasteiger partial charge in [0.25, 0.3) is 0 Å². The van der Waals surface area contributed by atoms with Crippen LogP contribution in [-0.4, -0.2) is 5.25 Å². The number of hydrogen-bond acceptors (Lipinski definition) is 1. The van der Waals surface area contributed by atoms with E-state index in [-0.39, 0.29) is 0 Å². The highest BCUT2D eigenvalue weighted by molar-refractivity contribution is 7.81. The lowest BCUT2D eigenvalue weighted by Gasteiger charge is -2.01. The molecule has 47 valence electrons. The van der Waals surface area contributed by atoms with Gasteiger partial charge < -0.3 is 0 Å². The van der Waals surface area contributed by atoms with Crippen molar-refractivity contribution in [2.75, 3.05) is 0 Å². The van der Waals surface area contributed by atoms with Crippen molar-refractivity contribution in [3.8, 4) is 0 Å². The second kappa shape index (κ2) is 3.39. The normalized spacial score (nSPS) is 25.1. The number of rotatable bonds is 0. The molecule has 0 bridgehead atoms. The summed E-state index contributed by atoms with van der Waals surface area (Å²) in [6.07, 6.45) is 9.09. The first-order chi connectivity index (χ1) is 3.89. The van der Waals surface area contributed by atoms with Crippen LogP contribution in [-0.2, 0) is 0 Å². The zero-order valence-electron chi connectivity index (χ0n) is 5.14. The van der Waals surface area contributed by atoms with Gasteiger partial charge in [0.2, 0.25) is 0 Å². The van der Waals surface area contributed by atoms with Crippen molar-refractivity contribution >= 4 is 12.6 Å². The summed E-state index contributed by atoms with van der Waals surface area (Å²) in [6.45, 7) is 0. The van der Waals surface area contributed by atoms with E-state index in [9.17, 15) is 0 Å². The maximum atomic E-state index is 4.37. The Balaban J connectivity index is 2.17. The fraction of sp³-hybridized carbons (Fsp3) is 0.857.